The molecule has 0 radical (unpaired) electrons. The van der Waals surface area contributed by atoms with Crippen LogP contribution in [0.3, 0.4) is 0 Å². The molecule has 4 rings (SSSR count). The molecule has 2 heterocycles. The summed E-state index contributed by atoms with van der Waals surface area (Å²) in [6.45, 7) is 12.1. The number of hydrogen-bond acceptors (Lipinski definition) is 2. The van der Waals surface area contributed by atoms with E-state index in [4.69, 9.17) is 0 Å². The van der Waals surface area contributed by atoms with Crippen LogP contribution in [0.15, 0.2) is 24.3 Å². The van der Waals surface area contributed by atoms with Crippen molar-refractivity contribution in [2.24, 2.45) is 0 Å². The van der Waals surface area contributed by atoms with Gasteiger partial charge in [0.15, 0.2) is 0 Å². The second-order valence-electron chi connectivity index (χ2n) is 6.90. The molecule has 0 unspecified atom stereocenters. The van der Waals surface area contributed by atoms with E-state index in [1.54, 1.807) is 0 Å². The number of rotatable bonds is 1. The van der Waals surface area contributed by atoms with E-state index in [9.17, 15) is 0 Å². The monoisotopic (exact) mass is 292 g/mol. The molecule has 22 heavy (non-hydrogen) atoms. The van der Waals surface area contributed by atoms with Gasteiger partial charge in [0.25, 0.3) is 0 Å². The van der Waals surface area contributed by atoms with Crippen molar-refractivity contribution in [3.05, 3.63) is 57.6 Å². The quantitative estimate of drug-likeness (QED) is 0.765. The maximum absolute atomic E-state index is 2.55. The maximum atomic E-state index is 2.55. The molecular formula is C20H24N2. The summed E-state index contributed by atoms with van der Waals surface area (Å²) in [6.07, 6.45) is 1.11. The minimum absolute atomic E-state index is 1.02. The second-order valence-corrected chi connectivity index (χ2v) is 6.90. The molecule has 0 aromatic heterocycles. The number of benzene rings is 2. The highest BCUT2D eigenvalue weighted by Crippen LogP contribution is 2.41. The van der Waals surface area contributed by atoms with E-state index in [2.05, 4.69) is 61.8 Å². The molecule has 0 spiro atoms. The Morgan fingerprint density at radius 1 is 0.818 bits per heavy atom. The molecule has 0 amide bonds. The summed E-state index contributed by atoms with van der Waals surface area (Å²) < 4.78 is 0. The van der Waals surface area contributed by atoms with Gasteiger partial charge in [-0.3, -0.25) is 0 Å². The Morgan fingerprint density at radius 3 is 2.05 bits per heavy atom. The molecule has 2 aliphatic rings. The molecule has 2 aromatic carbocycles. The number of nitrogens with zero attached hydrogens (tertiary/aromatic N) is 2. The number of hydrogen-bond donors (Lipinski definition) is 0. The third-order valence-electron chi connectivity index (χ3n) is 5.07. The van der Waals surface area contributed by atoms with Crippen molar-refractivity contribution in [2.45, 2.75) is 47.2 Å². The summed E-state index contributed by atoms with van der Waals surface area (Å²) in [5, 5.41) is 0. The molecule has 0 N–H and O–H groups in total. The Kier molecular flexibility index (Phi) is 2.97. The van der Waals surface area contributed by atoms with Crippen molar-refractivity contribution in [2.75, 3.05) is 16.5 Å². The molecule has 0 saturated carbocycles. The van der Waals surface area contributed by atoms with Gasteiger partial charge in [-0.25, -0.2) is 0 Å². The first kappa shape index (κ1) is 13.7. The summed E-state index contributed by atoms with van der Waals surface area (Å²) in [4.78, 5) is 5.10. The predicted molar refractivity (Wildman–Crippen MR) is 93.7 cm³/mol. The highest BCUT2D eigenvalue weighted by molar-refractivity contribution is 5.72. The first-order valence-electron chi connectivity index (χ1n) is 8.29. The molecule has 2 aromatic rings. The van der Waals surface area contributed by atoms with Crippen molar-refractivity contribution >= 4 is 11.4 Å². The SMILES string of the molecule is CCc1cc(C)c2c(c1)CN1CN2Cc2cc(C)cc(C)c21. The van der Waals surface area contributed by atoms with Crippen LogP contribution in [-0.2, 0) is 19.5 Å². The normalized spacial score (nSPS) is 15.6. The number of aryl methyl sites for hydroxylation is 4. The van der Waals surface area contributed by atoms with Gasteiger partial charge < -0.3 is 9.80 Å². The third kappa shape index (κ3) is 1.93. The maximum Gasteiger partial charge on any atom is 0.0910 e. The van der Waals surface area contributed by atoms with Gasteiger partial charge in [0.05, 0.1) is 6.67 Å². The summed E-state index contributed by atoms with van der Waals surface area (Å²) in [6, 6.07) is 9.46. The van der Waals surface area contributed by atoms with Crippen LogP contribution in [0.1, 0.15) is 40.3 Å². The summed E-state index contributed by atoms with van der Waals surface area (Å²) in [7, 11) is 0. The van der Waals surface area contributed by atoms with E-state index >= 15 is 0 Å². The van der Waals surface area contributed by atoms with Crippen LogP contribution >= 0.6 is 0 Å². The minimum Gasteiger partial charge on any atom is -0.349 e. The minimum atomic E-state index is 1.02. The van der Waals surface area contributed by atoms with Crippen LogP contribution in [0.4, 0.5) is 11.4 Å². The van der Waals surface area contributed by atoms with Gasteiger partial charge in [-0.15, -0.1) is 0 Å². The lowest BCUT2D eigenvalue weighted by Gasteiger charge is -2.46. The molecule has 2 nitrogen and oxygen atoms in total. The van der Waals surface area contributed by atoms with Gasteiger partial charge >= 0.3 is 0 Å². The first-order valence-corrected chi connectivity index (χ1v) is 8.29. The molecule has 2 bridgehead atoms. The fourth-order valence-corrected chi connectivity index (χ4v) is 4.35. The number of fused-ring (bicyclic) bond motifs is 6. The standard InChI is InChI=1S/C20H24N2/c1-5-16-8-15(4)20-18(9-16)11-22-12-21(20)10-17-7-13(2)6-14(3)19(17)22/h6-9H,5,10-12H2,1-4H3. The van der Waals surface area contributed by atoms with Crippen LogP contribution in [0.5, 0.6) is 0 Å². The average Bonchev–Trinajstić information content (AvgIpc) is 2.45. The van der Waals surface area contributed by atoms with E-state index in [0.717, 1.165) is 26.2 Å². The van der Waals surface area contributed by atoms with Crippen molar-refractivity contribution < 1.29 is 0 Å². The smallest absolute Gasteiger partial charge is 0.0910 e. The van der Waals surface area contributed by atoms with Crippen LogP contribution in [0.2, 0.25) is 0 Å². The van der Waals surface area contributed by atoms with Gasteiger partial charge in [-0.2, -0.15) is 0 Å². The van der Waals surface area contributed by atoms with Gasteiger partial charge in [-0.1, -0.05) is 36.8 Å². The Morgan fingerprint density at radius 2 is 1.41 bits per heavy atom. The Hall–Kier alpha value is -1.96. The van der Waals surface area contributed by atoms with Gasteiger partial charge in [0.2, 0.25) is 0 Å². The van der Waals surface area contributed by atoms with E-state index in [1.165, 1.54) is 44.8 Å². The Bertz CT molecular complexity index is 761. The molecule has 2 aliphatic heterocycles. The predicted octanol–water partition coefficient (Wildman–Crippen LogP) is 4.47. The summed E-state index contributed by atoms with van der Waals surface area (Å²) >= 11 is 0. The molecule has 114 valence electrons. The molecule has 2 heteroatoms. The van der Waals surface area contributed by atoms with Crippen LogP contribution < -0.4 is 9.80 Å². The Labute approximate surface area is 133 Å². The van der Waals surface area contributed by atoms with Crippen molar-refractivity contribution in [1.29, 1.82) is 0 Å². The lowest BCUT2D eigenvalue weighted by molar-refractivity contribution is 0.645. The zero-order chi connectivity index (χ0) is 15.4. The summed E-state index contributed by atoms with van der Waals surface area (Å²) in [5.74, 6) is 0. The average molecular weight is 292 g/mol. The molecular weight excluding hydrogens is 268 g/mol. The van der Waals surface area contributed by atoms with Crippen molar-refractivity contribution in [3.63, 3.8) is 0 Å². The largest absolute Gasteiger partial charge is 0.349 e. The summed E-state index contributed by atoms with van der Waals surface area (Å²) in [5.41, 5.74) is 11.6. The lowest BCUT2D eigenvalue weighted by atomic mass is 9.94. The molecule has 0 fully saturated rings. The highest BCUT2D eigenvalue weighted by Gasteiger charge is 2.31. The van der Waals surface area contributed by atoms with E-state index in [1.807, 2.05) is 0 Å². The van der Waals surface area contributed by atoms with Crippen molar-refractivity contribution in [1.82, 2.24) is 0 Å². The topological polar surface area (TPSA) is 6.48 Å². The van der Waals surface area contributed by atoms with E-state index in [-0.39, 0.29) is 0 Å². The van der Waals surface area contributed by atoms with Gasteiger partial charge in [-0.05, 0) is 55.0 Å². The first-order chi connectivity index (χ1) is 10.6. The number of anilines is 2. The van der Waals surface area contributed by atoms with Gasteiger partial charge in [0, 0.05) is 24.5 Å². The zero-order valence-corrected chi connectivity index (χ0v) is 14.0. The van der Waals surface area contributed by atoms with Crippen LogP contribution in [0, 0.1) is 20.8 Å². The lowest BCUT2D eigenvalue weighted by Crippen LogP contribution is -2.46. The highest BCUT2D eigenvalue weighted by atomic mass is 15.4. The van der Waals surface area contributed by atoms with Crippen molar-refractivity contribution in [3.8, 4) is 0 Å². The fourth-order valence-electron chi connectivity index (χ4n) is 4.35. The van der Waals surface area contributed by atoms with Crippen LogP contribution in [-0.4, -0.2) is 6.67 Å². The molecule has 0 atom stereocenters. The Balaban J connectivity index is 1.86. The third-order valence-corrected chi connectivity index (χ3v) is 5.07. The molecule has 0 saturated heterocycles. The van der Waals surface area contributed by atoms with Gasteiger partial charge in [0.1, 0.15) is 0 Å². The van der Waals surface area contributed by atoms with Crippen LogP contribution in [0.25, 0.3) is 0 Å². The zero-order valence-electron chi connectivity index (χ0n) is 14.0. The fraction of sp³-hybridized carbons (Fsp3) is 0.400. The second kappa shape index (κ2) is 4.77. The van der Waals surface area contributed by atoms with E-state index in [0.29, 0.717) is 0 Å². The molecule has 0 aliphatic carbocycles. The van der Waals surface area contributed by atoms with E-state index < -0.39 is 0 Å².